The van der Waals surface area contributed by atoms with Crippen LogP contribution in [0.2, 0.25) is 0 Å². The highest BCUT2D eigenvalue weighted by molar-refractivity contribution is 5.88. The minimum atomic E-state index is 0.172. The first-order valence-electron chi connectivity index (χ1n) is 7.12. The Balaban J connectivity index is 2.09. The van der Waals surface area contributed by atoms with E-state index in [1.807, 2.05) is 45.2 Å². The van der Waals surface area contributed by atoms with Gasteiger partial charge >= 0.3 is 0 Å². The van der Waals surface area contributed by atoms with Crippen LogP contribution < -0.4 is 4.74 Å². The topological polar surface area (TPSA) is 35.0 Å². The van der Waals surface area contributed by atoms with Crippen molar-refractivity contribution in [2.45, 2.75) is 26.9 Å². The van der Waals surface area contributed by atoms with Crippen molar-refractivity contribution in [2.75, 3.05) is 0 Å². The first kappa shape index (κ1) is 13.6. The number of hydrogen-bond acceptors (Lipinski definition) is 3. The smallest absolute Gasteiger partial charge is 0.120 e. The lowest BCUT2D eigenvalue weighted by molar-refractivity contribution is 0.243. The number of benzene rings is 1. The Morgan fingerprint density at radius 1 is 1.10 bits per heavy atom. The molecule has 3 nitrogen and oxygen atoms in total. The van der Waals surface area contributed by atoms with E-state index < -0.39 is 0 Å². The standard InChI is InChI=1S/C18H18N2O/c1-12(2)21-16-7-6-14-9-18(15-5-4-8-19-11-15)20-13(3)17(14)10-16/h4-12H,1-3H3. The molecule has 3 rings (SSSR count). The van der Waals surface area contributed by atoms with Gasteiger partial charge in [-0.3, -0.25) is 9.97 Å². The molecule has 0 bridgehead atoms. The molecule has 0 spiro atoms. The maximum atomic E-state index is 5.75. The third kappa shape index (κ3) is 2.87. The monoisotopic (exact) mass is 278 g/mol. The zero-order valence-electron chi connectivity index (χ0n) is 12.5. The van der Waals surface area contributed by atoms with Gasteiger partial charge in [-0.15, -0.1) is 0 Å². The van der Waals surface area contributed by atoms with Gasteiger partial charge in [0, 0.05) is 29.0 Å². The minimum absolute atomic E-state index is 0.172. The van der Waals surface area contributed by atoms with E-state index in [4.69, 9.17) is 9.72 Å². The highest BCUT2D eigenvalue weighted by atomic mass is 16.5. The summed E-state index contributed by atoms with van der Waals surface area (Å²) in [4.78, 5) is 8.85. The molecule has 0 amide bonds. The SMILES string of the molecule is Cc1nc(-c2cccnc2)cc2ccc(OC(C)C)cc12. The van der Waals surface area contributed by atoms with Gasteiger partial charge in [0.05, 0.1) is 11.8 Å². The van der Waals surface area contributed by atoms with Crippen molar-refractivity contribution in [3.8, 4) is 17.0 Å². The molecule has 0 N–H and O–H groups in total. The maximum absolute atomic E-state index is 5.75. The second-order valence-electron chi connectivity index (χ2n) is 5.38. The third-order valence-corrected chi connectivity index (χ3v) is 3.32. The van der Waals surface area contributed by atoms with Crippen molar-refractivity contribution in [2.24, 2.45) is 0 Å². The first-order valence-corrected chi connectivity index (χ1v) is 7.12. The van der Waals surface area contributed by atoms with Gasteiger partial charge in [0.25, 0.3) is 0 Å². The van der Waals surface area contributed by atoms with Gasteiger partial charge in [-0.05, 0) is 56.5 Å². The highest BCUT2D eigenvalue weighted by Crippen LogP contribution is 2.27. The van der Waals surface area contributed by atoms with Crippen molar-refractivity contribution in [3.05, 3.63) is 54.5 Å². The molecule has 0 aliphatic rings. The molecule has 3 heteroatoms. The van der Waals surface area contributed by atoms with Gasteiger partial charge in [-0.2, -0.15) is 0 Å². The van der Waals surface area contributed by atoms with Crippen LogP contribution in [0.15, 0.2) is 48.8 Å². The van der Waals surface area contributed by atoms with Crippen LogP contribution in [0.5, 0.6) is 5.75 Å². The number of nitrogens with zero attached hydrogens (tertiary/aromatic N) is 2. The fraction of sp³-hybridized carbons (Fsp3) is 0.222. The summed E-state index contributed by atoms with van der Waals surface area (Å²) < 4.78 is 5.75. The summed E-state index contributed by atoms with van der Waals surface area (Å²) in [6.45, 7) is 6.09. The van der Waals surface area contributed by atoms with E-state index >= 15 is 0 Å². The first-order chi connectivity index (χ1) is 10.1. The van der Waals surface area contributed by atoms with Gasteiger partial charge in [0.2, 0.25) is 0 Å². The zero-order chi connectivity index (χ0) is 14.8. The van der Waals surface area contributed by atoms with Gasteiger partial charge in [0.15, 0.2) is 0 Å². The minimum Gasteiger partial charge on any atom is -0.491 e. The summed E-state index contributed by atoms with van der Waals surface area (Å²) in [6, 6.07) is 12.2. The maximum Gasteiger partial charge on any atom is 0.120 e. The van der Waals surface area contributed by atoms with Crippen LogP contribution in [0.4, 0.5) is 0 Å². The molecule has 106 valence electrons. The molecule has 0 aliphatic carbocycles. The van der Waals surface area contributed by atoms with Crippen LogP contribution in [-0.4, -0.2) is 16.1 Å². The number of rotatable bonds is 3. The van der Waals surface area contributed by atoms with E-state index in [1.165, 1.54) is 0 Å². The van der Waals surface area contributed by atoms with Gasteiger partial charge in [-0.25, -0.2) is 0 Å². The Labute approximate surface area is 124 Å². The Bertz CT molecular complexity index is 767. The summed E-state index contributed by atoms with van der Waals surface area (Å²) in [5, 5.41) is 2.29. The number of aromatic nitrogens is 2. The summed E-state index contributed by atoms with van der Waals surface area (Å²) in [5.74, 6) is 0.886. The van der Waals surface area contributed by atoms with Gasteiger partial charge < -0.3 is 4.74 Å². The number of ether oxygens (including phenoxy) is 1. The predicted molar refractivity (Wildman–Crippen MR) is 85.5 cm³/mol. The molecule has 2 aromatic heterocycles. The van der Waals surface area contributed by atoms with Gasteiger partial charge in [0.1, 0.15) is 5.75 Å². The average Bonchev–Trinajstić information content (AvgIpc) is 2.48. The summed E-state index contributed by atoms with van der Waals surface area (Å²) in [7, 11) is 0. The van der Waals surface area contributed by atoms with E-state index in [1.54, 1.807) is 6.20 Å². The number of fused-ring (bicyclic) bond motifs is 1. The summed E-state index contributed by atoms with van der Waals surface area (Å²) >= 11 is 0. The molecule has 0 radical (unpaired) electrons. The summed E-state index contributed by atoms with van der Waals surface area (Å²) in [6.07, 6.45) is 3.78. The lowest BCUT2D eigenvalue weighted by Gasteiger charge is -2.12. The van der Waals surface area contributed by atoms with Crippen LogP contribution in [0.1, 0.15) is 19.5 Å². The molecule has 1 aromatic carbocycles. The Morgan fingerprint density at radius 2 is 1.95 bits per heavy atom. The number of pyridine rings is 2. The van der Waals surface area contributed by atoms with E-state index in [9.17, 15) is 0 Å². The Hall–Kier alpha value is -2.42. The largest absolute Gasteiger partial charge is 0.491 e. The van der Waals surface area contributed by atoms with Crippen LogP contribution in [0, 0.1) is 6.92 Å². The van der Waals surface area contributed by atoms with E-state index in [0.29, 0.717) is 0 Å². The predicted octanol–water partition coefficient (Wildman–Crippen LogP) is 4.39. The molecular weight excluding hydrogens is 260 g/mol. The molecule has 0 atom stereocenters. The van der Waals surface area contributed by atoms with Crippen molar-refractivity contribution in [1.82, 2.24) is 9.97 Å². The fourth-order valence-electron chi connectivity index (χ4n) is 2.40. The molecule has 0 saturated carbocycles. The van der Waals surface area contributed by atoms with E-state index in [0.717, 1.165) is 33.5 Å². The molecule has 3 aromatic rings. The summed E-state index contributed by atoms with van der Waals surface area (Å²) in [5.41, 5.74) is 2.98. The van der Waals surface area contributed by atoms with Crippen molar-refractivity contribution in [1.29, 1.82) is 0 Å². The zero-order valence-corrected chi connectivity index (χ0v) is 12.5. The molecule has 0 saturated heterocycles. The Morgan fingerprint density at radius 3 is 2.67 bits per heavy atom. The van der Waals surface area contributed by atoms with Crippen LogP contribution in [0.3, 0.4) is 0 Å². The number of hydrogen-bond donors (Lipinski definition) is 0. The lowest BCUT2D eigenvalue weighted by atomic mass is 10.1. The molecule has 0 aliphatic heterocycles. The third-order valence-electron chi connectivity index (χ3n) is 3.32. The fourth-order valence-corrected chi connectivity index (χ4v) is 2.40. The van der Waals surface area contributed by atoms with E-state index in [2.05, 4.69) is 23.2 Å². The molecule has 0 unspecified atom stereocenters. The lowest BCUT2D eigenvalue weighted by Crippen LogP contribution is -2.05. The molecule has 21 heavy (non-hydrogen) atoms. The Kier molecular flexibility index (Phi) is 3.57. The van der Waals surface area contributed by atoms with Crippen LogP contribution in [-0.2, 0) is 0 Å². The van der Waals surface area contributed by atoms with E-state index in [-0.39, 0.29) is 6.10 Å². The van der Waals surface area contributed by atoms with Crippen molar-refractivity contribution < 1.29 is 4.74 Å². The number of aryl methyl sites for hydroxylation is 1. The highest BCUT2D eigenvalue weighted by Gasteiger charge is 2.07. The molecule has 2 heterocycles. The quantitative estimate of drug-likeness (QED) is 0.712. The molecular formula is C18H18N2O. The van der Waals surface area contributed by atoms with Crippen LogP contribution >= 0.6 is 0 Å². The average molecular weight is 278 g/mol. The normalized spacial score (nSPS) is 11.0. The van der Waals surface area contributed by atoms with Crippen LogP contribution in [0.25, 0.3) is 22.0 Å². The van der Waals surface area contributed by atoms with Gasteiger partial charge in [-0.1, -0.05) is 6.07 Å². The van der Waals surface area contributed by atoms with Crippen molar-refractivity contribution in [3.63, 3.8) is 0 Å². The molecule has 0 fully saturated rings. The second kappa shape index (κ2) is 5.52. The van der Waals surface area contributed by atoms with Crippen molar-refractivity contribution >= 4 is 10.8 Å². The second-order valence-corrected chi connectivity index (χ2v) is 5.38.